The van der Waals surface area contributed by atoms with Gasteiger partial charge in [0.2, 0.25) is 5.91 Å². The summed E-state index contributed by atoms with van der Waals surface area (Å²) in [5.41, 5.74) is -0.348. The van der Waals surface area contributed by atoms with Crippen LogP contribution in [0.4, 0.5) is 4.79 Å². The molecule has 0 saturated carbocycles. The third-order valence-corrected chi connectivity index (χ3v) is 8.55. The van der Waals surface area contributed by atoms with Gasteiger partial charge in [-0.2, -0.15) is 0 Å². The first kappa shape index (κ1) is 36.6. The molecule has 0 aromatic heterocycles. The van der Waals surface area contributed by atoms with Crippen LogP contribution in [0.3, 0.4) is 0 Å². The zero-order valence-electron chi connectivity index (χ0n) is 28.6. The first-order chi connectivity index (χ1) is 21.6. The summed E-state index contributed by atoms with van der Waals surface area (Å²) >= 11 is 0. The number of ether oxygens (including phenoxy) is 5. The van der Waals surface area contributed by atoms with E-state index in [0.29, 0.717) is 12.2 Å². The normalized spacial score (nSPS) is 19.0. The van der Waals surface area contributed by atoms with Crippen molar-refractivity contribution in [2.75, 3.05) is 41.3 Å². The first-order valence-corrected chi connectivity index (χ1v) is 15.5. The van der Waals surface area contributed by atoms with E-state index in [1.165, 1.54) is 19.1 Å². The molecule has 46 heavy (non-hydrogen) atoms. The predicted molar refractivity (Wildman–Crippen MR) is 178 cm³/mol. The van der Waals surface area contributed by atoms with Crippen molar-refractivity contribution >= 4 is 34.8 Å². The van der Waals surface area contributed by atoms with Gasteiger partial charge in [0.05, 0.1) is 27.4 Å². The summed E-state index contributed by atoms with van der Waals surface area (Å²) in [7, 11) is 4.40. The Bertz CT molecular complexity index is 1430. The number of fused-ring (bicyclic) bond motifs is 1. The van der Waals surface area contributed by atoms with Gasteiger partial charge in [0, 0.05) is 19.1 Å². The lowest BCUT2D eigenvalue weighted by Gasteiger charge is -2.35. The van der Waals surface area contributed by atoms with Crippen LogP contribution in [0.25, 0.3) is 16.8 Å². The smallest absolute Gasteiger partial charge is 0.407 e. The molecule has 1 aliphatic rings. The molecule has 1 N–H and O–H groups in total. The number of hydrogen-bond donors (Lipinski definition) is 1. The van der Waals surface area contributed by atoms with Crippen molar-refractivity contribution in [3.8, 4) is 5.75 Å². The second-order valence-corrected chi connectivity index (χ2v) is 13.6. The molecule has 10 heteroatoms. The quantitative estimate of drug-likeness (QED) is 0.148. The van der Waals surface area contributed by atoms with Crippen LogP contribution in [-0.4, -0.2) is 76.2 Å². The molecule has 0 radical (unpaired) electrons. The van der Waals surface area contributed by atoms with Crippen LogP contribution < -0.4 is 10.1 Å². The number of amides is 2. The molecule has 0 bridgehead atoms. The number of methoxy groups -OCH3 is 3. The minimum Gasteiger partial charge on any atom is -0.496 e. The lowest BCUT2D eigenvalue weighted by molar-refractivity contribution is -0.152. The van der Waals surface area contributed by atoms with Crippen molar-refractivity contribution in [2.24, 2.45) is 10.8 Å². The molecule has 2 aromatic rings. The van der Waals surface area contributed by atoms with Crippen LogP contribution in [0.1, 0.15) is 65.0 Å². The molecule has 3 atom stereocenters. The highest BCUT2D eigenvalue weighted by atomic mass is 16.7. The number of alkyl carbamates (subject to hydrolysis) is 1. The molecule has 1 aliphatic heterocycles. The Morgan fingerprint density at radius 2 is 1.78 bits per heavy atom. The topological polar surface area (TPSA) is 113 Å². The molecule has 1 heterocycles. The number of hydrogen-bond acceptors (Lipinski definition) is 8. The van der Waals surface area contributed by atoms with Crippen LogP contribution in [0, 0.1) is 10.8 Å². The maximum atomic E-state index is 14.4. The van der Waals surface area contributed by atoms with Gasteiger partial charge in [0.25, 0.3) is 0 Å². The number of carbonyl (C=O) groups is 3. The second-order valence-electron chi connectivity index (χ2n) is 13.6. The highest BCUT2D eigenvalue weighted by Crippen LogP contribution is 2.42. The lowest BCUT2D eigenvalue weighted by atomic mass is 9.85. The molecule has 2 aromatic carbocycles. The first-order valence-electron chi connectivity index (χ1n) is 15.5. The number of rotatable bonds is 14. The monoisotopic (exact) mass is 638 g/mol. The van der Waals surface area contributed by atoms with Gasteiger partial charge in [-0.25, -0.2) is 9.59 Å². The van der Waals surface area contributed by atoms with E-state index in [-0.39, 0.29) is 31.8 Å². The number of esters is 1. The SMILES string of the molecule is C=CCC(C)(C)CCOC(=O)N[C@H](C(=O)N1C[C@](OCOC)(c2ccc3cc(OC)c(C=C)cc3c2)C[C@H]1C(=O)OC)C(C)(C)C. The summed E-state index contributed by atoms with van der Waals surface area (Å²) in [5, 5.41) is 4.62. The third kappa shape index (κ3) is 8.47. The number of carbonyl (C=O) groups excluding carboxylic acids is 3. The van der Waals surface area contributed by atoms with Gasteiger partial charge in [-0.15, -0.1) is 6.58 Å². The molecule has 10 nitrogen and oxygen atoms in total. The van der Waals surface area contributed by atoms with Crippen LogP contribution in [0.5, 0.6) is 5.75 Å². The van der Waals surface area contributed by atoms with E-state index in [0.717, 1.165) is 28.3 Å². The van der Waals surface area contributed by atoms with E-state index in [1.54, 1.807) is 13.2 Å². The predicted octanol–water partition coefficient (Wildman–Crippen LogP) is 6.21. The summed E-state index contributed by atoms with van der Waals surface area (Å²) in [5.74, 6) is -0.340. The molecule has 1 saturated heterocycles. The number of benzene rings is 2. The average Bonchev–Trinajstić information content (AvgIpc) is 3.41. The van der Waals surface area contributed by atoms with Gasteiger partial charge >= 0.3 is 12.1 Å². The summed E-state index contributed by atoms with van der Waals surface area (Å²) < 4.78 is 27.8. The van der Waals surface area contributed by atoms with E-state index in [2.05, 4.69) is 32.3 Å². The maximum Gasteiger partial charge on any atom is 0.407 e. The Balaban J connectivity index is 1.99. The van der Waals surface area contributed by atoms with Gasteiger partial charge in [0.15, 0.2) is 0 Å². The Morgan fingerprint density at radius 1 is 1.07 bits per heavy atom. The number of allylic oxidation sites excluding steroid dienone is 1. The van der Waals surface area contributed by atoms with Gasteiger partial charge in [0.1, 0.15) is 30.2 Å². The van der Waals surface area contributed by atoms with Crippen molar-refractivity contribution in [1.29, 1.82) is 0 Å². The minimum atomic E-state index is -1.12. The molecular formula is C36H50N2O8. The summed E-state index contributed by atoms with van der Waals surface area (Å²) in [6.07, 6.45) is 4.37. The molecule has 0 unspecified atom stereocenters. The zero-order valence-corrected chi connectivity index (χ0v) is 28.6. The van der Waals surface area contributed by atoms with E-state index in [1.807, 2.05) is 57.2 Å². The Labute approximate surface area is 273 Å². The van der Waals surface area contributed by atoms with E-state index in [4.69, 9.17) is 23.7 Å². The minimum absolute atomic E-state index is 0.0178. The van der Waals surface area contributed by atoms with Gasteiger partial charge in [-0.3, -0.25) is 4.79 Å². The number of nitrogens with zero attached hydrogens (tertiary/aromatic N) is 1. The zero-order chi connectivity index (χ0) is 34.3. The van der Waals surface area contributed by atoms with Crippen molar-refractivity contribution in [3.63, 3.8) is 0 Å². The van der Waals surface area contributed by atoms with E-state index < -0.39 is 41.1 Å². The van der Waals surface area contributed by atoms with E-state index >= 15 is 0 Å². The highest BCUT2D eigenvalue weighted by Gasteiger charge is 2.53. The van der Waals surface area contributed by atoms with Crippen molar-refractivity contribution in [1.82, 2.24) is 10.2 Å². The van der Waals surface area contributed by atoms with Gasteiger partial charge < -0.3 is 33.9 Å². The lowest BCUT2D eigenvalue weighted by Crippen LogP contribution is -2.57. The largest absolute Gasteiger partial charge is 0.496 e. The third-order valence-electron chi connectivity index (χ3n) is 8.55. The van der Waals surface area contributed by atoms with Crippen LogP contribution in [0.15, 0.2) is 49.6 Å². The fraction of sp³-hybridized carbons (Fsp3) is 0.528. The fourth-order valence-corrected chi connectivity index (χ4v) is 5.82. The Morgan fingerprint density at radius 3 is 2.37 bits per heavy atom. The Kier molecular flexibility index (Phi) is 12.0. The molecule has 3 rings (SSSR count). The summed E-state index contributed by atoms with van der Waals surface area (Å²) in [6.45, 7) is 17.5. The number of likely N-dealkylation sites (tertiary alicyclic amines) is 1. The van der Waals surface area contributed by atoms with E-state index in [9.17, 15) is 14.4 Å². The van der Waals surface area contributed by atoms with Crippen molar-refractivity contribution in [3.05, 3.63) is 60.7 Å². The standard InChI is InChI=1S/C36H50N2O8/c1-11-15-35(6,7)16-17-45-33(41)37-30(34(3,4)5)31(39)38-22-36(46-23-42-8,21-28(38)32(40)44-10)27-14-13-25-20-29(43-9)24(12-2)18-26(25)19-27/h11-14,18-20,28,30H,1-2,15-17,21-23H2,3-10H3,(H,37,41)/t28-,30+,36-/m0/s1. The Hall–Kier alpha value is -3.89. The van der Waals surface area contributed by atoms with Crippen LogP contribution >= 0.6 is 0 Å². The number of nitrogens with one attached hydrogen (secondary N) is 1. The molecule has 0 spiro atoms. The van der Waals surface area contributed by atoms with Gasteiger partial charge in [-0.05, 0) is 58.2 Å². The molecule has 252 valence electrons. The summed E-state index contributed by atoms with van der Waals surface area (Å²) in [6, 6.07) is 7.75. The molecule has 0 aliphatic carbocycles. The molecule has 1 fully saturated rings. The average molecular weight is 639 g/mol. The fourth-order valence-electron chi connectivity index (χ4n) is 5.82. The summed E-state index contributed by atoms with van der Waals surface area (Å²) in [4.78, 5) is 42.0. The maximum absolute atomic E-state index is 14.4. The van der Waals surface area contributed by atoms with Crippen molar-refractivity contribution in [2.45, 2.75) is 71.6 Å². The van der Waals surface area contributed by atoms with Crippen molar-refractivity contribution < 1.29 is 38.1 Å². The van der Waals surface area contributed by atoms with Crippen LogP contribution in [0.2, 0.25) is 0 Å². The van der Waals surface area contributed by atoms with Gasteiger partial charge in [-0.1, -0.05) is 65.5 Å². The highest BCUT2D eigenvalue weighted by molar-refractivity contribution is 5.92. The van der Waals surface area contributed by atoms with Crippen LogP contribution in [-0.2, 0) is 34.1 Å². The molecular weight excluding hydrogens is 588 g/mol. The molecule has 2 amide bonds. The second kappa shape index (κ2) is 15.1.